The van der Waals surface area contributed by atoms with Crippen LogP contribution < -0.4 is 10.1 Å². The maximum Gasteiger partial charge on any atom is 0.126 e. The molecule has 0 atom stereocenters. The Kier molecular flexibility index (Phi) is 3.26. The van der Waals surface area contributed by atoms with E-state index in [9.17, 15) is 0 Å². The number of hydrogen-bond donors (Lipinski definition) is 1. The van der Waals surface area contributed by atoms with E-state index in [1.165, 1.54) is 27.8 Å². The lowest BCUT2D eigenvalue weighted by molar-refractivity contribution is 0.416. The Morgan fingerprint density at radius 3 is 2.84 bits per heavy atom. The average Bonchev–Trinajstić information content (AvgIpc) is 2.46. The summed E-state index contributed by atoms with van der Waals surface area (Å²) in [5, 5.41) is 3.43. The van der Waals surface area contributed by atoms with E-state index in [1.807, 2.05) is 0 Å². The van der Waals surface area contributed by atoms with E-state index >= 15 is 0 Å². The van der Waals surface area contributed by atoms with Crippen molar-refractivity contribution >= 4 is 0 Å². The van der Waals surface area contributed by atoms with Gasteiger partial charge in [0.15, 0.2) is 0 Å². The van der Waals surface area contributed by atoms with Crippen LogP contribution >= 0.6 is 0 Å². The minimum absolute atomic E-state index is 0.956. The van der Waals surface area contributed by atoms with E-state index < -0.39 is 0 Å². The lowest BCUT2D eigenvalue weighted by Crippen LogP contribution is -2.24. The second kappa shape index (κ2) is 5.06. The molecule has 0 bridgehead atoms. The first-order valence-corrected chi connectivity index (χ1v) is 6.76. The summed E-state index contributed by atoms with van der Waals surface area (Å²) in [5.74, 6) is 0.956. The van der Waals surface area contributed by atoms with Crippen LogP contribution in [-0.2, 0) is 13.0 Å². The van der Waals surface area contributed by atoms with Crippen LogP contribution in [0.4, 0.5) is 0 Å². The van der Waals surface area contributed by atoms with Gasteiger partial charge in [-0.1, -0.05) is 29.8 Å². The van der Waals surface area contributed by atoms with Gasteiger partial charge >= 0.3 is 0 Å². The molecule has 0 fully saturated rings. The predicted molar refractivity (Wildman–Crippen MR) is 78.6 cm³/mol. The number of methoxy groups -OCH3 is 1. The van der Waals surface area contributed by atoms with Crippen LogP contribution in [0.15, 0.2) is 36.4 Å². The highest BCUT2D eigenvalue weighted by Gasteiger charge is 2.16. The average molecular weight is 253 g/mol. The summed E-state index contributed by atoms with van der Waals surface area (Å²) >= 11 is 0. The van der Waals surface area contributed by atoms with Gasteiger partial charge in [0.25, 0.3) is 0 Å². The molecule has 1 aliphatic rings. The van der Waals surface area contributed by atoms with E-state index in [4.69, 9.17) is 4.74 Å². The summed E-state index contributed by atoms with van der Waals surface area (Å²) in [7, 11) is 1.74. The van der Waals surface area contributed by atoms with E-state index in [0.29, 0.717) is 0 Å². The van der Waals surface area contributed by atoms with E-state index in [-0.39, 0.29) is 0 Å². The number of benzene rings is 2. The number of fused-ring (bicyclic) bond motifs is 1. The molecular weight excluding hydrogens is 234 g/mol. The monoisotopic (exact) mass is 253 g/mol. The third-order valence-electron chi connectivity index (χ3n) is 3.79. The molecule has 19 heavy (non-hydrogen) atoms. The van der Waals surface area contributed by atoms with Crippen molar-refractivity contribution in [3.63, 3.8) is 0 Å². The van der Waals surface area contributed by atoms with Crippen molar-refractivity contribution in [3.8, 4) is 16.9 Å². The molecule has 1 N–H and O–H groups in total. The highest BCUT2D eigenvalue weighted by atomic mass is 16.5. The van der Waals surface area contributed by atoms with Gasteiger partial charge in [0.2, 0.25) is 0 Å². The third-order valence-corrected chi connectivity index (χ3v) is 3.79. The molecule has 2 aromatic carbocycles. The van der Waals surface area contributed by atoms with Crippen molar-refractivity contribution < 1.29 is 4.74 Å². The van der Waals surface area contributed by atoms with Gasteiger partial charge in [-0.2, -0.15) is 0 Å². The Morgan fingerprint density at radius 1 is 1.11 bits per heavy atom. The molecule has 2 heteroatoms. The predicted octanol–water partition coefficient (Wildman–Crippen LogP) is 3.32. The fourth-order valence-electron chi connectivity index (χ4n) is 2.82. The van der Waals surface area contributed by atoms with Crippen LogP contribution in [0.5, 0.6) is 5.75 Å². The molecule has 0 saturated heterocycles. The molecule has 0 aromatic heterocycles. The van der Waals surface area contributed by atoms with Gasteiger partial charge in [0, 0.05) is 12.1 Å². The van der Waals surface area contributed by atoms with Gasteiger partial charge < -0.3 is 10.1 Å². The highest BCUT2D eigenvalue weighted by Crippen LogP contribution is 2.35. The smallest absolute Gasteiger partial charge is 0.126 e. The summed E-state index contributed by atoms with van der Waals surface area (Å²) < 4.78 is 5.53. The highest BCUT2D eigenvalue weighted by molar-refractivity contribution is 5.75. The van der Waals surface area contributed by atoms with E-state index in [1.54, 1.807) is 7.11 Å². The molecule has 0 aliphatic carbocycles. The van der Waals surface area contributed by atoms with Crippen LogP contribution in [-0.4, -0.2) is 13.7 Å². The zero-order valence-electron chi connectivity index (χ0n) is 11.5. The topological polar surface area (TPSA) is 21.3 Å². The van der Waals surface area contributed by atoms with Gasteiger partial charge in [-0.25, -0.2) is 0 Å². The van der Waals surface area contributed by atoms with Crippen molar-refractivity contribution in [1.82, 2.24) is 5.32 Å². The van der Waals surface area contributed by atoms with Crippen LogP contribution in [0.1, 0.15) is 16.7 Å². The quantitative estimate of drug-likeness (QED) is 0.886. The summed E-state index contributed by atoms with van der Waals surface area (Å²) in [4.78, 5) is 0. The van der Waals surface area contributed by atoms with E-state index in [2.05, 4.69) is 48.6 Å². The van der Waals surface area contributed by atoms with Crippen LogP contribution in [0.2, 0.25) is 0 Å². The van der Waals surface area contributed by atoms with Gasteiger partial charge in [-0.15, -0.1) is 0 Å². The van der Waals surface area contributed by atoms with Crippen LogP contribution in [0, 0.1) is 6.92 Å². The molecule has 0 saturated carbocycles. The largest absolute Gasteiger partial charge is 0.496 e. The molecule has 1 heterocycles. The number of hydrogen-bond acceptors (Lipinski definition) is 2. The Labute approximate surface area is 114 Å². The maximum absolute atomic E-state index is 5.53. The zero-order valence-corrected chi connectivity index (χ0v) is 11.5. The molecule has 2 aromatic rings. The molecular formula is C17H19NO. The lowest BCUT2D eigenvalue weighted by Gasteiger charge is -2.21. The summed E-state index contributed by atoms with van der Waals surface area (Å²) in [6, 6.07) is 12.9. The number of nitrogens with one attached hydrogen (secondary N) is 1. The molecule has 0 amide bonds. The molecule has 98 valence electrons. The molecule has 3 rings (SSSR count). The van der Waals surface area contributed by atoms with Gasteiger partial charge in [-0.05, 0) is 48.7 Å². The summed E-state index contributed by atoms with van der Waals surface area (Å²) in [6.07, 6.45) is 1.09. The second-order valence-corrected chi connectivity index (χ2v) is 5.07. The molecule has 0 spiro atoms. The maximum atomic E-state index is 5.53. The summed E-state index contributed by atoms with van der Waals surface area (Å²) in [5.41, 5.74) is 6.67. The summed E-state index contributed by atoms with van der Waals surface area (Å²) in [6.45, 7) is 4.15. The lowest BCUT2D eigenvalue weighted by atomic mass is 9.90. The first-order valence-electron chi connectivity index (χ1n) is 6.76. The molecule has 2 nitrogen and oxygen atoms in total. The van der Waals surface area contributed by atoms with Crippen molar-refractivity contribution in [3.05, 3.63) is 53.1 Å². The third kappa shape index (κ3) is 2.24. The van der Waals surface area contributed by atoms with Gasteiger partial charge in [0.05, 0.1) is 7.11 Å². The Hall–Kier alpha value is -1.80. The van der Waals surface area contributed by atoms with Crippen LogP contribution in [0.3, 0.4) is 0 Å². The zero-order chi connectivity index (χ0) is 13.2. The minimum Gasteiger partial charge on any atom is -0.496 e. The van der Waals surface area contributed by atoms with E-state index in [0.717, 1.165) is 25.3 Å². The Morgan fingerprint density at radius 2 is 2.00 bits per heavy atom. The number of ether oxygens (including phenoxy) is 1. The standard InChI is InChI=1S/C17H19NO/c1-12-6-7-17(19-2)16(10-12)15-5-3-4-13-11-18-9-8-14(13)15/h3-7,10,18H,8-9,11H2,1-2H3. The first kappa shape index (κ1) is 12.2. The molecule has 0 unspecified atom stereocenters. The Balaban J connectivity index is 2.19. The first-order chi connectivity index (χ1) is 9.29. The Bertz CT molecular complexity index is 604. The number of rotatable bonds is 2. The van der Waals surface area contributed by atoms with Gasteiger partial charge in [-0.3, -0.25) is 0 Å². The molecule has 1 aliphatic heterocycles. The fraction of sp³-hybridized carbons (Fsp3) is 0.294. The minimum atomic E-state index is 0.956. The second-order valence-electron chi connectivity index (χ2n) is 5.07. The SMILES string of the molecule is COc1ccc(C)cc1-c1cccc2c1CCNC2. The number of aryl methyl sites for hydroxylation is 1. The van der Waals surface area contributed by atoms with Crippen molar-refractivity contribution in [2.75, 3.05) is 13.7 Å². The van der Waals surface area contributed by atoms with Crippen molar-refractivity contribution in [2.45, 2.75) is 19.9 Å². The van der Waals surface area contributed by atoms with Crippen LogP contribution in [0.25, 0.3) is 11.1 Å². The van der Waals surface area contributed by atoms with Gasteiger partial charge in [0.1, 0.15) is 5.75 Å². The van der Waals surface area contributed by atoms with Crippen molar-refractivity contribution in [2.24, 2.45) is 0 Å². The molecule has 0 radical (unpaired) electrons. The van der Waals surface area contributed by atoms with Crippen molar-refractivity contribution in [1.29, 1.82) is 0 Å². The normalized spacial score (nSPS) is 14.0. The fourth-order valence-corrected chi connectivity index (χ4v) is 2.82.